The topological polar surface area (TPSA) is 34.9 Å². The first-order valence-corrected chi connectivity index (χ1v) is 7.20. The van der Waals surface area contributed by atoms with Gasteiger partial charge < -0.3 is 0 Å². The highest BCUT2D eigenvalue weighted by Gasteiger charge is 2.16. The molecule has 0 bridgehead atoms. The fourth-order valence-electron chi connectivity index (χ4n) is 2.38. The van der Waals surface area contributed by atoms with Crippen LogP contribution in [0.5, 0.6) is 0 Å². The van der Waals surface area contributed by atoms with Gasteiger partial charge in [-0.3, -0.25) is 9.48 Å². The number of hydrogen-bond acceptors (Lipinski definition) is 2. The highest BCUT2D eigenvalue weighted by atomic mass is 35.5. The lowest BCUT2D eigenvalue weighted by Crippen LogP contribution is -2.05. The number of benzene rings is 2. The normalized spacial score (nSPS) is 11.0. The van der Waals surface area contributed by atoms with Gasteiger partial charge in [0.05, 0.1) is 22.7 Å². The van der Waals surface area contributed by atoms with Gasteiger partial charge in [-0.2, -0.15) is 5.10 Å². The molecule has 5 heteroatoms. The molecule has 0 unspecified atom stereocenters. The largest absolute Gasteiger partial charge is 0.294 e. The van der Waals surface area contributed by atoms with Crippen molar-refractivity contribution in [1.82, 2.24) is 9.78 Å². The Balaban J connectivity index is 1.99. The number of carbonyl (C=O) groups is 1. The van der Waals surface area contributed by atoms with Gasteiger partial charge in [0.25, 0.3) is 0 Å². The molecule has 0 aliphatic carbocycles. The zero-order valence-electron chi connectivity index (χ0n) is 11.3. The molecular weight excluding hydrogens is 307 g/mol. The lowest BCUT2D eigenvalue weighted by atomic mass is 10.0. The summed E-state index contributed by atoms with van der Waals surface area (Å²) in [4.78, 5) is 12.4. The van der Waals surface area contributed by atoms with Crippen LogP contribution in [0.2, 0.25) is 10.0 Å². The number of aromatic nitrogens is 2. The summed E-state index contributed by atoms with van der Waals surface area (Å²) in [6.07, 6.45) is 0.196. The summed E-state index contributed by atoms with van der Waals surface area (Å²) < 4.78 is 1.78. The van der Waals surface area contributed by atoms with Gasteiger partial charge in [-0.1, -0.05) is 41.4 Å². The Morgan fingerprint density at radius 2 is 1.95 bits per heavy atom. The van der Waals surface area contributed by atoms with Crippen LogP contribution in [0, 0.1) is 0 Å². The molecular formula is C16H12Cl2N2O. The summed E-state index contributed by atoms with van der Waals surface area (Å²) >= 11 is 12.0. The Morgan fingerprint density at radius 3 is 2.76 bits per heavy atom. The summed E-state index contributed by atoms with van der Waals surface area (Å²) in [6.45, 7) is 0. The molecule has 1 heterocycles. The third-order valence-electron chi connectivity index (χ3n) is 3.39. The van der Waals surface area contributed by atoms with Gasteiger partial charge >= 0.3 is 0 Å². The number of Topliss-reactive ketones (excluding diaryl/α,β-unsaturated/α-hetero) is 1. The number of halogens is 2. The number of rotatable bonds is 3. The summed E-state index contributed by atoms with van der Waals surface area (Å²) in [5, 5.41) is 6.31. The van der Waals surface area contributed by atoms with E-state index in [9.17, 15) is 4.79 Å². The van der Waals surface area contributed by atoms with E-state index in [-0.39, 0.29) is 12.2 Å². The van der Waals surface area contributed by atoms with E-state index >= 15 is 0 Å². The minimum absolute atomic E-state index is 0.0913. The number of para-hydroxylation sites is 1. The SMILES string of the molecule is Cn1nc(CC(=O)c2cc(Cl)ccc2Cl)c2ccccc21. The van der Waals surface area contributed by atoms with E-state index in [0.717, 1.165) is 16.6 Å². The quantitative estimate of drug-likeness (QED) is 0.675. The van der Waals surface area contributed by atoms with Crippen LogP contribution in [0.25, 0.3) is 10.9 Å². The molecule has 0 fully saturated rings. The highest BCUT2D eigenvalue weighted by Crippen LogP contribution is 2.24. The summed E-state index contributed by atoms with van der Waals surface area (Å²) in [5.74, 6) is -0.0913. The van der Waals surface area contributed by atoms with Crippen molar-refractivity contribution in [2.75, 3.05) is 0 Å². The predicted octanol–water partition coefficient (Wildman–Crippen LogP) is 4.31. The standard InChI is InChI=1S/C16H12Cl2N2O/c1-20-15-5-3-2-4-11(15)14(19-20)9-16(21)12-8-10(17)6-7-13(12)18/h2-8H,9H2,1H3. The van der Waals surface area contributed by atoms with Gasteiger partial charge in [0.2, 0.25) is 0 Å². The third-order valence-corrected chi connectivity index (χ3v) is 3.96. The van der Waals surface area contributed by atoms with Crippen LogP contribution in [-0.2, 0) is 13.5 Å². The summed E-state index contributed by atoms with van der Waals surface area (Å²) in [6, 6.07) is 12.7. The molecule has 0 saturated heterocycles. The number of carbonyl (C=O) groups excluding carboxylic acids is 1. The molecule has 3 nitrogen and oxygen atoms in total. The molecule has 0 aliphatic heterocycles. The first kappa shape index (κ1) is 14.1. The van der Waals surface area contributed by atoms with Crippen LogP contribution in [0.1, 0.15) is 16.1 Å². The first-order valence-electron chi connectivity index (χ1n) is 6.45. The second-order valence-electron chi connectivity index (χ2n) is 4.81. The van der Waals surface area contributed by atoms with Crippen molar-refractivity contribution in [1.29, 1.82) is 0 Å². The smallest absolute Gasteiger partial charge is 0.170 e. The van der Waals surface area contributed by atoms with E-state index in [1.807, 2.05) is 31.3 Å². The molecule has 0 atom stereocenters. The Morgan fingerprint density at radius 1 is 1.19 bits per heavy atom. The van der Waals surface area contributed by atoms with Crippen LogP contribution in [0.3, 0.4) is 0 Å². The summed E-state index contributed by atoms with van der Waals surface area (Å²) in [7, 11) is 1.86. The van der Waals surface area contributed by atoms with Gasteiger partial charge in [0.1, 0.15) is 0 Å². The Labute approximate surface area is 132 Å². The zero-order valence-corrected chi connectivity index (χ0v) is 12.8. The van der Waals surface area contributed by atoms with Crippen LogP contribution in [0.15, 0.2) is 42.5 Å². The third kappa shape index (κ3) is 2.67. The maximum Gasteiger partial charge on any atom is 0.170 e. The molecule has 0 N–H and O–H groups in total. The predicted molar refractivity (Wildman–Crippen MR) is 85.2 cm³/mol. The van der Waals surface area contributed by atoms with Gasteiger partial charge in [0, 0.05) is 23.0 Å². The Kier molecular flexibility index (Phi) is 3.70. The molecule has 0 aliphatic rings. The molecule has 0 amide bonds. The van der Waals surface area contributed by atoms with E-state index in [2.05, 4.69) is 5.10 Å². The van der Waals surface area contributed by atoms with E-state index in [4.69, 9.17) is 23.2 Å². The number of aryl methyl sites for hydroxylation is 1. The molecule has 0 radical (unpaired) electrons. The van der Waals surface area contributed by atoms with Crippen LogP contribution in [-0.4, -0.2) is 15.6 Å². The van der Waals surface area contributed by atoms with E-state index in [1.165, 1.54) is 0 Å². The average Bonchev–Trinajstić information content (AvgIpc) is 2.78. The van der Waals surface area contributed by atoms with E-state index < -0.39 is 0 Å². The lowest BCUT2D eigenvalue weighted by molar-refractivity contribution is 0.0992. The van der Waals surface area contributed by atoms with Crippen LogP contribution >= 0.6 is 23.2 Å². The molecule has 1 aromatic heterocycles. The first-order chi connectivity index (χ1) is 10.1. The van der Waals surface area contributed by atoms with Gasteiger partial charge in [-0.15, -0.1) is 0 Å². The van der Waals surface area contributed by atoms with E-state index in [1.54, 1.807) is 22.9 Å². The van der Waals surface area contributed by atoms with Crippen molar-refractivity contribution in [3.05, 3.63) is 63.8 Å². The van der Waals surface area contributed by atoms with Gasteiger partial charge in [-0.05, 0) is 24.3 Å². The number of hydrogen-bond donors (Lipinski definition) is 0. The monoisotopic (exact) mass is 318 g/mol. The van der Waals surface area contributed by atoms with Gasteiger partial charge in [-0.25, -0.2) is 0 Å². The number of fused-ring (bicyclic) bond motifs is 1. The van der Waals surface area contributed by atoms with Crippen molar-refractivity contribution in [3.8, 4) is 0 Å². The van der Waals surface area contributed by atoms with Crippen molar-refractivity contribution in [2.24, 2.45) is 7.05 Å². The van der Waals surface area contributed by atoms with Crippen molar-refractivity contribution >= 4 is 39.9 Å². The molecule has 3 rings (SSSR count). The lowest BCUT2D eigenvalue weighted by Gasteiger charge is -2.03. The Hall–Kier alpha value is -1.84. The maximum atomic E-state index is 12.4. The van der Waals surface area contributed by atoms with Gasteiger partial charge in [0.15, 0.2) is 5.78 Å². The van der Waals surface area contributed by atoms with Crippen molar-refractivity contribution in [2.45, 2.75) is 6.42 Å². The minimum atomic E-state index is -0.0913. The Bertz CT molecular complexity index is 839. The summed E-state index contributed by atoms with van der Waals surface area (Å²) in [5.41, 5.74) is 2.17. The molecule has 3 aromatic rings. The van der Waals surface area contributed by atoms with Crippen LogP contribution < -0.4 is 0 Å². The molecule has 2 aromatic carbocycles. The minimum Gasteiger partial charge on any atom is -0.294 e. The van der Waals surface area contributed by atoms with Crippen LogP contribution in [0.4, 0.5) is 0 Å². The second-order valence-corrected chi connectivity index (χ2v) is 5.66. The molecule has 0 spiro atoms. The zero-order chi connectivity index (χ0) is 15.0. The second kappa shape index (κ2) is 5.51. The molecule has 21 heavy (non-hydrogen) atoms. The highest BCUT2D eigenvalue weighted by molar-refractivity contribution is 6.36. The van der Waals surface area contributed by atoms with Crippen molar-refractivity contribution in [3.63, 3.8) is 0 Å². The number of nitrogens with zero attached hydrogens (tertiary/aromatic N) is 2. The molecule has 0 saturated carbocycles. The fourth-order valence-corrected chi connectivity index (χ4v) is 2.77. The number of ketones is 1. The van der Waals surface area contributed by atoms with E-state index in [0.29, 0.717) is 15.6 Å². The van der Waals surface area contributed by atoms with Crippen molar-refractivity contribution < 1.29 is 4.79 Å². The maximum absolute atomic E-state index is 12.4. The molecule has 106 valence electrons. The average molecular weight is 319 g/mol. The fraction of sp³-hybridized carbons (Fsp3) is 0.125.